The molecule has 0 aliphatic heterocycles. The lowest BCUT2D eigenvalue weighted by Gasteiger charge is -2.17. The summed E-state index contributed by atoms with van der Waals surface area (Å²) < 4.78 is 32.2. The molecule has 1 aliphatic carbocycles. The highest BCUT2D eigenvalue weighted by Gasteiger charge is 2.15. The molecule has 0 aromatic carbocycles. The molecule has 1 aliphatic rings. The highest BCUT2D eigenvalue weighted by molar-refractivity contribution is 7.86. The quantitative estimate of drug-likeness (QED) is 0.795. The Morgan fingerprint density at radius 1 is 1.32 bits per heavy atom. The van der Waals surface area contributed by atoms with E-state index in [1.54, 1.807) is 13.0 Å². The first kappa shape index (κ1) is 14.1. The molecule has 0 amide bonds. The molecule has 2 rings (SSSR count). The lowest BCUT2D eigenvalue weighted by molar-refractivity contribution is 0.420. The second-order valence-electron chi connectivity index (χ2n) is 4.96. The van der Waals surface area contributed by atoms with Crippen molar-refractivity contribution < 1.29 is 17.0 Å². The van der Waals surface area contributed by atoms with Crippen molar-refractivity contribution in [1.29, 1.82) is 0 Å². The third-order valence-corrected chi connectivity index (χ3v) is 3.62. The van der Waals surface area contributed by atoms with Gasteiger partial charge in [0.2, 0.25) is 5.89 Å². The van der Waals surface area contributed by atoms with Gasteiger partial charge in [-0.15, -0.1) is 0 Å². The Kier molecular flexibility index (Phi) is 4.29. The molecule has 0 N–H and O–H groups in total. The van der Waals surface area contributed by atoms with Crippen molar-refractivity contribution in [2.45, 2.75) is 39.0 Å². The van der Waals surface area contributed by atoms with Gasteiger partial charge in [0, 0.05) is 0 Å². The van der Waals surface area contributed by atoms with Gasteiger partial charge in [-0.1, -0.05) is 25.3 Å². The molecule has 0 saturated heterocycles. The van der Waals surface area contributed by atoms with Crippen molar-refractivity contribution in [2.75, 3.05) is 6.26 Å². The minimum absolute atomic E-state index is 0.0193. The van der Waals surface area contributed by atoms with Gasteiger partial charge in [-0.2, -0.15) is 13.4 Å². The smallest absolute Gasteiger partial charge is 0.307 e. The second kappa shape index (κ2) is 5.77. The van der Waals surface area contributed by atoms with Crippen molar-refractivity contribution in [3.05, 3.63) is 17.7 Å². The van der Waals surface area contributed by atoms with Crippen LogP contribution in [0.4, 0.5) is 0 Å². The van der Waals surface area contributed by atoms with Crippen LogP contribution in [0.2, 0.25) is 0 Å². The van der Waals surface area contributed by atoms with Crippen LogP contribution in [0.1, 0.15) is 43.8 Å². The maximum atomic E-state index is 11.0. The van der Waals surface area contributed by atoms with Gasteiger partial charge < -0.3 is 8.60 Å². The Morgan fingerprint density at radius 3 is 2.63 bits per heavy atom. The van der Waals surface area contributed by atoms with E-state index in [2.05, 4.69) is 11.1 Å². The van der Waals surface area contributed by atoms with Crippen LogP contribution in [0.5, 0.6) is 5.88 Å². The number of rotatable bonds is 4. The maximum Gasteiger partial charge on any atom is 0.307 e. The molecule has 1 aromatic rings. The summed E-state index contributed by atoms with van der Waals surface area (Å²) in [5.74, 6) is 1.35. The number of oxazole rings is 1. The molecule has 0 spiro atoms. The van der Waals surface area contributed by atoms with Gasteiger partial charge in [0.05, 0.1) is 6.26 Å². The van der Waals surface area contributed by atoms with E-state index >= 15 is 0 Å². The fourth-order valence-corrected chi connectivity index (χ4v) is 2.68. The predicted octanol–water partition coefficient (Wildman–Crippen LogP) is 2.91. The van der Waals surface area contributed by atoms with E-state index in [1.165, 1.54) is 32.1 Å². The molecule has 0 radical (unpaired) electrons. The van der Waals surface area contributed by atoms with Gasteiger partial charge in [-0.3, -0.25) is 0 Å². The van der Waals surface area contributed by atoms with E-state index in [-0.39, 0.29) is 5.88 Å². The fourth-order valence-electron chi connectivity index (χ4n) is 2.24. The highest BCUT2D eigenvalue weighted by atomic mass is 32.2. The number of allylic oxidation sites excluding steroid dienone is 1. The minimum atomic E-state index is -3.57. The van der Waals surface area contributed by atoms with Crippen LogP contribution in [0, 0.1) is 12.8 Å². The van der Waals surface area contributed by atoms with Crippen LogP contribution in [-0.2, 0) is 10.1 Å². The van der Waals surface area contributed by atoms with Crippen LogP contribution < -0.4 is 4.18 Å². The third kappa shape index (κ3) is 4.38. The molecule has 1 heterocycles. The Morgan fingerprint density at radius 2 is 2.00 bits per heavy atom. The van der Waals surface area contributed by atoms with E-state index in [1.807, 2.05) is 0 Å². The largest absolute Gasteiger partial charge is 0.438 e. The standard InChI is InChI=1S/C13H19NO4S/c1-10-13(18-19(2,15)16)14-12(17-10)9-8-11-6-4-3-5-7-11/h8-9,11H,3-7H2,1-2H3/b9-8+. The summed E-state index contributed by atoms with van der Waals surface area (Å²) in [6.07, 6.45) is 11.1. The topological polar surface area (TPSA) is 69.4 Å². The number of hydrogen-bond donors (Lipinski definition) is 0. The van der Waals surface area contributed by atoms with Gasteiger partial charge in [-0.05, 0) is 31.8 Å². The Hall–Kier alpha value is -1.30. The Labute approximate surface area is 113 Å². The molecule has 1 saturated carbocycles. The first-order valence-electron chi connectivity index (χ1n) is 6.49. The molecule has 5 nitrogen and oxygen atoms in total. The summed E-state index contributed by atoms with van der Waals surface area (Å²) in [5.41, 5.74) is 0. The molecule has 19 heavy (non-hydrogen) atoms. The predicted molar refractivity (Wildman–Crippen MR) is 72.3 cm³/mol. The number of hydrogen-bond acceptors (Lipinski definition) is 5. The molecule has 0 atom stereocenters. The first-order chi connectivity index (χ1) is 8.94. The van der Waals surface area contributed by atoms with Crippen molar-refractivity contribution >= 4 is 16.2 Å². The van der Waals surface area contributed by atoms with Gasteiger partial charge >= 0.3 is 10.1 Å². The van der Waals surface area contributed by atoms with Gasteiger partial charge in [0.15, 0.2) is 5.76 Å². The average molecular weight is 285 g/mol. The van der Waals surface area contributed by atoms with Gasteiger partial charge in [-0.25, -0.2) is 0 Å². The number of aromatic nitrogens is 1. The fraction of sp³-hybridized carbons (Fsp3) is 0.615. The van der Waals surface area contributed by atoms with Crippen molar-refractivity contribution in [3.8, 4) is 5.88 Å². The van der Waals surface area contributed by atoms with Crippen LogP contribution in [0.3, 0.4) is 0 Å². The van der Waals surface area contributed by atoms with E-state index in [0.29, 0.717) is 17.6 Å². The monoisotopic (exact) mass is 285 g/mol. The summed E-state index contributed by atoms with van der Waals surface area (Å²) in [5, 5.41) is 0. The van der Waals surface area contributed by atoms with E-state index < -0.39 is 10.1 Å². The summed E-state index contributed by atoms with van der Waals surface area (Å²) >= 11 is 0. The number of aryl methyl sites for hydroxylation is 1. The summed E-state index contributed by atoms with van der Waals surface area (Å²) in [4.78, 5) is 4.02. The van der Waals surface area contributed by atoms with Gasteiger partial charge in [0.1, 0.15) is 0 Å². The van der Waals surface area contributed by atoms with Crippen LogP contribution in [0.25, 0.3) is 6.08 Å². The first-order valence-corrected chi connectivity index (χ1v) is 8.31. The number of nitrogens with zero attached hydrogens (tertiary/aromatic N) is 1. The molecule has 106 valence electrons. The normalized spacial score (nSPS) is 18.0. The van der Waals surface area contributed by atoms with Gasteiger partial charge in [0.25, 0.3) is 5.88 Å². The third-order valence-electron chi connectivity index (χ3n) is 3.16. The maximum absolute atomic E-state index is 11.0. The molecular weight excluding hydrogens is 266 g/mol. The average Bonchev–Trinajstić information content (AvgIpc) is 2.67. The molecule has 0 unspecified atom stereocenters. The van der Waals surface area contributed by atoms with Crippen LogP contribution in [-0.4, -0.2) is 19.7 Å². The zero-order chi connectivity index (χ0) is 13.9. The summed E-state index contributed by atoms with van der Waals surface area (Å²) in [6.45, 7) is 1.63. The van der Waals surface area contributed by atoms with Crippen LogP contribution >= 0.6 is 0 Å². The lowest BCUT2D eigenvalue weighted by atomic mass is 9.89. The molecule has 6 heteroatoms. The zero-order valence-corrected chi connectivity index (χ0v) is 12.1. The SMILES string of the molecule is Cc1oc(/C=C/C2CCCCC2)nc1OS(C)(=O)=O. The Bertz CT molecular complexity index is 553. The zero-order valence-electron chi connectivity index (χ0n) is 11.3. The second-order valence-corrected chi connectivity index (χ2v) is 6.53. The molecule has 1 aromatic heterocycles. The van der Waals surface area contributed by atoms with E-state index in [0.717, 1.165) is 6.26 Å². The molecule has 1 fully saturated rings. The van der Waals surface area contributed by atoms with Crippen molar-refractivity contribution in [1.82, 2.24) is 4.98 Å². The highest BCUT2D eigenvalue weighted by Crippen LogP contribution is 2.26. The summed E-state index contributed by atoms with van der Waals surface area (Å²) in [7, 11) is -3.57. The van der Waals surface area contributed by atoms with E-state index in [4.69, 9.17) is 8.60 Å². The Balaban J connectivity index is 2.05. The molecular formula is C13H19NO4S. The lowest BCUT2D eigenvalue weighted by Crippen LogP contribution is -2.06. The van der Waals surface area contributed by atoms with Crippen LogP contribution in [0.15, 0.2) is 10.5 Å². The minimum Gasteiger partial charge on any atom is -0.438 e. The molecule has 0 bridgehead atoms. The van der Waals surface area contributed by atoms with Crippen molar-refractivity contribution in [3.63, 3.8) is 0 Å². The summed E-state index contributed by atoms with van der Waals surface area (Å²) in [6, 6.07) is 0. The van der Waals surface area contributed by atoms with Crippen molar-refractivity contribution in [2.24, 2.45) is 5.92 Å². The van der Waals surface area contributed by atoms with E-state index in [9.17, 15) is 8.42 Å².